The normalized spacial score (nSPS) is 11.8. The fourth-order valence-corrected chi connectivity index (χ4v) is 3.64. The minimum Gasteiger partial charge on any atom is -0.302 e. The van der Waals surface area contributed by atoms with Crippen LogP contribution in [0, 0.1) is 6.92 Å². The number of hydrazone groups is 1. The molecule has 0 atom stereocenters. The predicted octanol–water partition coefficient (Wildman–Crippen LogP) is 4.75. The molecule has 0 radical (unpaired) electrons. The minimum absolute atomic E-state index is 0.170. The highest BCUT2D eigenvalue weighted by atomic mass is 35.5. The van der Waals surface area contributed by atoms with E-state index in [2.05, 4.69) is 20.7 Å². The lowest BCUT2D eigenvalue weighted by Gasteiger charge is -2.07. The van der Waals surface area contributed by atoms with Gasteiger partial charge in [-0.2, -0.15) is 5.10 Å². The summed E-state index contributed by atoms with van der Waals surface area (Å²) < 4.78 is 1.99. The monoisotopic (exact) mass is 439 g/mol. The minimum atomic E-state index is -0.247. The molecule has 3 aromatic rings. The van der Waals surface area contributed by atoms with Gasteiger partial charge in [0.1, 0.15) is 0 Å². The number of halogens is 1. The lowest BCUT2D eigenvalue weighted by atomic mass is 10.1. The van der Waals surface area contributed by atoms with Crippen molar-refractivity contribution in [3.8, 4) is 11.4 Å². The molecule has 3 rings (SSSR count). The second kappa shape index (κ2) is 10.8. The van der Waals surface area contributed by atoms with Crippen molar-refractivity contribution in [2.45, 2.75) is 25.5 Å². The summed E-state index contributed by atoms with van der Waals surface area (Å²) >= 11 is 7.43. The van der Waals surface area contributed by atoms with Crippen LogP contribution in [-0.4, -0.2) is 32.6 Å². The molecule has 0 aliphatic heterocycles. The summed E-state index contributed by atoms with van der Waals surface area (Å²) in [6.07, 6.45) is 3.17. The van der Waals surface area contributed by atoms with Crippen LogP contribution in [0.4, 0.5) is 0 Å². The Balaban J connectivity index is 1.56. The number of carbonyl (C=O) groups is 1. The van der Waals surface area contributed by atoms with Crippen molar-refractivity contribution in [1.29, 1.82) is 0 Å². The van der Waals surface area contributed by atoms with Crippen LogP contribution in [0.3, 0.4) is 0 Å². The summed E-state index contributed by atoms with van der Waals surface area (Å²) in [4.78, 5) is 12.1. The number of amides is 1. The predicted molar refractivity (Wildman–Crippen MR) is 123 cm³/mol. The van der Waals surface area contributed by atoms with E-state index in [4.69, 9.17) is 11.6 Å². The largest absolute Gasteiger partial charge is 0.302 e. The molecular weight excluding hydrogens is 418 g/mol. The van der Waals surface area contributed by atoms with E-state index in [9.17, 15) is 4.79 Å². The molecule has 1 heterocycles. The highest BCUT2D eigenvalue weighted by Gasteiger charge is 2.14. The van der Waals surface area contributed by atoms with Gasteiger partial charge in [-0.15, -0.1) is 10.2 Å². The lowest BCUT2D eigenvalue weighted by molar-refractivity contribution is -0.118. The van der Waals surface area contributed by atoms with Crippen LogP contribution in [-0.2, 0) is 11.3 Å². The number of nitrogens with one attached hydrogen (secondary N) is 1. The zero-order chi connectivity index (χ0) is 21.3. The van der Waals surface area contributed by atoms with Crippen LogP contribution in [0.25, 0.3) is 17.5 Å². The van der Waals surface area contributed by atoms with Crippen LogP contribution in [0.5, 0.6) is 0 Å². The standard InChI is InChI=1S/C22H22ClN5OS/c1-3-28-21(18-11-9-16(2)10-12-18)26-27-22(28)30-15-20(29)25-24-14-19(23)13-17-7-5-4-6-8-17/h4-14H,3,15H2,1-2H3,(H,25,29)/b19-13-,24-14+. The molecule has 0 unspecified atom stereocenters. The van der Waals surface area contributed by atoms with Crippen LogP contribution in [0.1, 0.15) is 18.1 Å². The van der Waals surface area contributed by atoms with Crippen molar-refractivity contribution in [3.05, 3.63) is 70.8 Å². The molecule has 0 saturated heterocycles. The number of thioether (sulfide) groups is 1. The first-order valence-corrected chi connectivity index (χ1v) is 10.8. The van der Waals surface area contributed by atoms with Gasteiger partial charge in [0.2, 0.25) is 0 Å². The van der Waals surface area contributed by atoms with Crippen LogP contribution in [0.15, 0.2) is 69.9 Å². The number of allylic oxidation sites excluding steroid dienone is 1. The molecule has 0 bridgehead atoms. The van der Waals surface area contributed by atoms with E-state index in [1.807, 2.05) is 73.0 Å². The molecule has 30 heavy (non-hydrogen) atoms. The third-order valence-electron chi connectivity index (χ3n) is 4.16. The zero-order valence-electron chi connectivity index (χ0n) is 16.7. The zero-order valence-corrected chi connectivity index (χ0v) is 18.3. The quantitative estimate of drug-likeness (QED) is 0.312. The maximum Gasteiger partial charge on any atom is 0.250 e. The third-order valence-corrected chi connectivity index (χ3v) is 5.33. The number of hydrogen-bond donors (Lipinski definition) is 1. The maximum absolute atomic E-state index is 12.1. The number of carbonyl (C=O) groups excluding carboxylic acids is 1. The van der Waals surface area contributed by atoms with Gasteiger partial charge < -0.3 is 4.57 Å². The van der Waals surface area contributed by atoms with E-state index in [0.29, 0.717) is 16.7 Å². The molecule has 1 aromatic heterocycles. The Morgan fingerprint density at radius 2 is 1.90 bits per heavy atom. The van der Waals surface area contributed by atoms with E-state index < -0.39 is 0 Å². The van der Waals surface area contributed by atoms with Crippen molar-refractivity contribution < 1.29 is 4.79 Å². The molecule has 154 valence electrons. The van der Waals surface area contributed by atoms with Crippen molar-refractivity contribution >= 4 is 41.6 Å². The summed E-state index contributed by atoms with van der Waals surface area (Å²) in [5, 5.41) is 13.5. The van der Waals surface area contributed by atoms with Gasteiger partial charge >= 0.3 is 0 Å². The molecule has 1 amide bonds. The van der Waals surface area contributed by atoms with Gasteiger partial charge in [0.25, 0.3) is 5.91 Å². The van der Waals surface area contributed by atoms with Gasteiger partial charge in [0, 0.05) is 12.1 Å². The molecule has 1 N–H and O–H groups in total. The Hall–Kier alpha value is -2.90. The van der Waals surface area contributed by atoms with Crippen molar-refractivity contribution in [2.24, 2.45) is 5.10 Å². The van der Waals surface area contributed by atoms with E-state index in [1.165, 1.54) is 23.5 Å². The average molecular weight is 440 g/mol. The van der Waals surface area contributed by atoms with E-state index >= 15 is 0 Å². The van der Waals surface area contributed by atoms with Crippen molar-refractivity contribution in [3.63, 3.8) is 0 Å². The summed E-state index contributed by atoms with van der Waals surface area (Å²) in [5.41, 5.74) is 5.62. The molecule has 2 aromatic carbocycles. The first-order valence-electron chi connectivity index (χ1n) is 9.44. The van der Waals surface area contributed by atoms with Gasteiger partial charge in [-0.1, -0.05) is 83.5 Å². The van der Waals surface area contributed by atoms with E-state index in [1.54, 1.807) is 6.08 Å². The smallest absolute Gasteiger partial charge is 0.250 e. The number of aromatic nitrogens is 3. The Labute approximate surface area is 185 Å². The molecule has 0 spiro atoms. The van der Waals surface area contributed by atoms with E-state index in [0.717, 1.165) is 17.0 Å². The maximum atomic E-state index is 12.1. The van der Waals surface area contributed by atoms with Gasteiger partial charge in [-0.05, 0) is 25.5 Å². The SMILES string of the molecule is CCn1c(SCC(=O)N/N=C/C(Cl)=C/c2ccccc2)nnc1-c1ccc(C)cc1. The first kappa shape index (κ1) is 21.8. The van der Waals surface area contributed by atoms with Crippen molar-refractivity contribution in [2.75, 3.05) is 5.75 Å². The Morgan fingerprint density at radius 1 is 1.17 bits per heavy atom. The van der Waals surface area contributed by atoms with E-state index in [-0.39, 0.29) is 11.7 Å². The topological polar surface area (TPSA) is 72.2 Å². The summed E-state index contributed by atoms with van der Waals surface area (Å²) in [5.74, 6) is 0.711. The number of aryl methyl sites for hydroxylation is 1. The summed E-state index contributed by atoms with van der Waals surface area (Å²) in [7, 11) is 0. The molecular formula is C22H22ClN5OS. The van der Waals surface area contributed by atoms with Crippen LogP contribution >= 0.6 is 23.4 Å². The summed E-state index contributed by atoms with van der Waals surface area (Å²) in [6, 6.07) is 17.8. The fourth-order valence-electron chi connectivity index (χ4n) is 2.67. The fraction of sp³-hybridized carbons (Fsp3) is 0.182. The third kappa shape index (κ3) is 6.05. The molecule has 8 heteroatoms. The number of benzene rings is 2. The van der Waals surface area contributed by atoms with Crippen LogP contribution in [0.2, 0.25) is 0 Å². The summed E-state index contributed by atoms with van der Waals surface area (Å²) in [6.45, 7) is 4.77. The molecule has 0 fully saturated rings. The Morgan fingerprint density at radius 3 is 2.60 bits per heavy atom. The molecule has 0 saturated carbocycles. The van der Waals surface area contributed by atoms with Crippen molar-refractivity contribution in [1.82, 2.24) is 20.2 Å². The second-order valence-electron chi connectivity index (χ2n) is 6.44. The number of nitrogens with zero attached hydrogens (tertiary/aromatic N) is 4. The number of rotatable bonds is 8. The lowest BCUT2D eigenvalue weighted by Crippen LogP contribution is -2.19. The second-order valence-corrected chi connectivity index (χ2v) is 7.82. The molecule has 0 aliphatic carbocycles. The molecule has 0 aliphatic rings. The van der Waals surface area contributed by atoms with Gasteiger partial charge in [-0.3, -0.25) is 4.79 Å². The van der Waals surface area contributed by atoms with Gasteiger partial charge in [-0.25, -0.2) is 5.43 Å². The average Bonchev–Trinajstić information content (AvgIpc) is 3.16. The first-order chi connectivity index (χ1) is 14.6. The van der Waals surface area contributed by atoms with Gasteiger partial charge in [0.15, 0.2) is 11.0 Å². The highest BCUT2D eigenvalue weighted by Crippen LogP contribution is 2.24. The van der Waals surface area contributed by atoms with Gasteiger partial charge in [0.05, 0.1) is 17.0 Å². The Kier molecular flexibility index (Phi) is 7.82. The van der Waals surface area contributed by atoms with Crippen LogP contribution < -0.4 is 5.43 Å². The number of hydrogen-bond acceptors (Lipinski definition) is 5. The Bertz CT molecular complexity index is 1050. The molecule has 6 nitrogen and oxygen atoms in total. The highest BCUT2D eigenvalue weighted by molar-refractivity contribution is 7.99.